The molecular weight excluding hydrogens is 338 g/mol. The first-order valence-electron chi connectivity index (χ1n) is 7.75. The molecule has 0 saturated heterocycles. The number of carbonyl (C=O) groups excluding carboxylic acids is 1. The molecule has 1 atom stereocenters. The van der Waals surface area contributed by atoms with E-state index in [1.54, 1.807) is 25.1 Å². The molecule has 0 bridgehead atoms. The summed E-state index contributed by atoms with van der Waals surface area (Å²) in [6.07, 6.45) is -0.519. The summed E-state index contributed by atoms with van der Waals surface area (Å²) < 4.78 is 0.216. The average molecular weight is 355 g/mol. The number of aromatic nitrogens is 2. The van der Waals surface area contributed by atoms with Gasteiger partial charge in [0.25, 0.3) is 11.5 Å². The molecule has 1 heterocycles. The van der Waals surface area contributed by atoms with E-state index >= 15 is 0 Å². The van der Waals surface area contributed by atoms with Gasteiger partial charge in [0.2, 0.25) is 0 Å². The van der Waals surface area contributed by atoms with Gasteiger partial charge in [-0.05, 0) is 48.5 Å². The Morgan fingerprint density at radius 2 is 1.92 bits per heavy atom. The molecule has 3 rings (SSSR count). The van der Waals surface area contributed by atoms with Gasteiger partial charge in [-0.1, -0.05) is 24.3 Å². The lowest BCUT2D eigenvalue weighted by Crippen LogP contribution is -2.23. The van der Waals surface area contributed by atoms with Crippen LogP contribution in [0.4, 0.5) is 0 Å². The van der Waals surface area contributed by atoms with Crippen molar-refractivity contribution in [2.45, 2.75) is 19.6 Å². The minimum absolute atomic E-state index is 0.216. The molecule has 3 aromatic rings. The number of carbonyl (C=O) groups is 1. The van der Waals surface area contributed by atoms with Crippen LogP contribution in [-0.2, 0) is 6.54 Å². The quantitative estimate of drug-likeness (QED) is 0.541. The molecule has 0 aliphatic heterocycles. The highest BCUT2D eigenvalue weighted by atomic mass is 32.1. The van der Waals surface area contributed by atoms with E-state index in [2.05, 4.69) is 15.3 Å². The molecule has 0 spiro atoms. The van der Waals surface area contributed by atoms with E-state index in [9.17, 15) is 14.7 Å². The number of aliphatic hydroxyl groups excluding tert-OH is 1. The fourth-order valence-corrected chi connectivity index (χ4v) is 2.71. The molecule has 0 fully saturated rings. The molecule has 0 radical (unpaired) electrons. The van der Waals surface area contributed by atoms with Gasteiger partial charge in [0.15, 0.2) is 4.77 Å². The Hall–Kier alpha value is -2.77. The smallest absolute Gasteiger partial charge is 0.259 e. The van der Waals surface area contributed by atoms with E-state index in [-0.39, 0.29) is 16.2 Å². The normalized spacial score (nSPS) is 12.1. The largest absolute Gasteiger partial charge is 0.389 e. The number of benzene rings is 2. The molecule has 6 nitrogen and oxygen atoms in total. The number of H-pyrrole nitrogens is 2. The Labute approximate surface area is 148 Å². The molecular formula is C18H17N3O3S. The number of aromatic amines is 2. The summed E-state index contributed by atoms with van der Waals surface area (Å²) >= 11 is 4.95. The highest BCUT2D eigenvalue weighted by molar-refractivity contribution is 7.71. The Balaban J connectivity index is 1.76. The van der Waals surface area contributed by atoms with Crippen molar-refractivity contribution in [1.29, 1.82) is 0 Å². The van der Waals surface area contributed by atoms with E-state index in [1.165, 1.54) is 0 Å². The van der Waals surface area contributed by atoms with Gasteiger partial charge in [-0.3, -0.25) is 14.6 Å². The topological polar surface area (TPSA) is 98.0 Å². The highest BCUT2D eigenvalue weighted by Gasteiger charge is 2.08. The molecule has 7 heteroatoms. The van der Waals surface area contributed by atoms with Crippen molar-refractivity contribution >= 4 is 29.0 Å². The third kappa shape index (κ3) is 3.84. The Kier molecular flexibility index (Phi) is 4.78. The molecule has 1 aromatic heterocycles. The first kappa shape index (κ1) is 17.1. The zero-order chi connectivity index (χ0) is 18.0. The van der Waals surface area contributed by atoms with Gasteiger partial charge in [-0.25, -0.2) is 0 Å². The monoisotopic (exact) mass is 355 g/mol. The fourth-order valence-electron chi connectivity index (χ4n) is 2.51. The summed E-state index contributed by atoms with van der Waals surface area (Å²) in [5.41, 5.74) is 2.41. The fraction of sp³-hybridized carbons (Fsp3) is 0.167. The maximum absolute atomic E-state index is 12.3. The predicted molar refractivity (Wildman–Crippen MR) is 98.0 cm³/mol. The summed E-state index contributed by atoms with van der Waals surface area (Å²) in [7, 11) is 0. The second-order valence-electron chi connectivity index (χ2n) is 5.77. The van der Waals surface area contributed by atoms with Crippen LogP contribution in [0, 0.1) is 4.77 Å². The van der Waals surface area contributed by atoms with Crippen LogP contribution in [0.3, 0.4) is 0 Å². The van der Waals surface area contributed by atoms with E-state index in [0.29, 0.717) is 23.0 Å². The van der Waals surface area contributed by atoms with Crippen LogP contribution in [0.25, 0.3) is 10.9 Å². The van der Waals surface area contributed by atoms with Crippen molar-refractivity contribution in [1.82, 2.24) is 15.3 Å². The minimum atomic E-state index is -0.519. The molecule has 0 aliphatic carbocycles. The van der Waals surface area contributed by atoms with Crippen molar-refractivity contribution in [2.24, 2.45) is 0 Å². The molecule has 1 amide bonds. The highest BCUT2D eigenvalue weighted by Crippen LogP contribution is 2.13. The van der Waals surface area contributed by atoms with Gasteiger partial charge in [-0.2, -0.15) is 0 Å². The molecule has 4 N–H and O–H groups in total. The summed E-state index contributed by atoms with van der Waals surface area (Å²) in [4.78, 5) is 29.5. The number of hydrogen-bond donors (Lipinski definition) is 4. The van der Waals surface area contributed by atoms with Crippen molar-refractivity contribution in [3.8, 4) is 0 Å². The van der Waals surface area contributed by atoms with E-state index in [1.807, 2.05) is 24.3 Å². The van der Waals surface area contributed by atoms with E-state index < -0.39 is 6.10 Å². The predicted octanol–water partition coefficient (Wildman–Crippen LogP) is 2.57. The summed E-state index contributed by atoms with van der Waals surface area (Å²) in [6.45, 7) is 2.06. The van der Waals surface area contributed by atoms with Crippen LogP contribution in [0.2, 0.25) is 0 Å². The SMILES string of the molecule is C[C@H](O)c1ccc(CNC(=O)c2ccc3c(=O)[nH]c(=S)[nH]c3c2)cc1. The molecule has 0 aliphatic rings. The number of hydrogen-bond acceptors (Lipinski definition) is 4. The molecule has 128 valence electrons. The van der Waals surface area contributed by atoms with E-state index in [4.69, 9.17) is 12.2 Å². The second-order valence-corrected chi connectivity index (χ2v) is 6.18. The number of aliphatic hydroxyl groups is 1. The first-order chi connectivity index (χ1) is 11.9. The number of amides is 1. The van der Waals surface area contributed by atoms with E-state index in [0.717, 1.165) is 11.1 Å². The maximum atomic E-state index is 12.3. The summed E-state index contributed by atoms with van der Waals surface area (Å²) in [5.74, 6) is -0.249. The van der Waals surface area contributed by atoms with Gasteiger partial charge >= 0.3 is 0 Å². The third-order valence-electron chi connectivity index (χ3n) is 3.92. The van der Waals surface area contributed by atoms with Gasteiger partial charge < -0.3 is 15.4 Å². The van der Waals surface area contributed by atoms with Crippen LogP contribution in [0.15, 0.2) is 47.3 Å². The Morgan fingerprint density at radius 1 is 1.20 bits per heavy atom. The maximum Gasteiger partial charge on any atom is 0.259 e. The van der Waals surface area contributed by atoms with Crippen molar-refractivity contribution in [2.75, 3.05) is 0 Å². The van der Waals surface area contributed by atoms with Crippen molar-refractivity contribution in [3.63, 3.8) is 0 Å². The van der Waals surface area contributed by atoms with Crippen LogP contribution >= 0.6 is 12.2 Å². The van der Waals surface area contributed by atoms with Crippen LogP contribution in [0.1, 0.15) is 34.5 Å². The van der Waals surface area contributed by atoms with Gasteiger partial charge in [0, 0.05) is 12.1 Å². The lowest BCUT2D eigenvalue weighted by atomic mass is 10.1. The van der Waals surface area contributed by atoms with Gasteiger partial charge in [0.1, 0.15) is 0 Å². The summed E-state index contributed by atoms with van der Waals surface area (Å²) in [6, 6.07) is 12.2. The average Bonchev–Trinajstić information content (AvgIpc) is 2.59. The Morgan fingerprint density at radius 3 is 2.60 bits per heavy atom. The van der Waals surface area contributed by atoms with Crippen LogP contribution < -0.4 is 10.9 Å². The van der Waals surface area contributed by atoms with Crippen molar-refractivity contribution < 1.29 is 9.90 Å². The Bertz CT molecular complexity index is 1040. The molecule has 0 saturated carbocycles. The zero-order valence-electron chi connectivity index (χ0n) is 13.5. The zero-order valence-corrected chi connectivity index (χ0v) is 14.3. The minimum Gasteiger partial charge on any atom is -0.389 e. The van der Waals surface area contributed by atoms with Crippen molar-refractivity contribution in [3.05, 3.63) is 74.3 Å². The van der Waals surface area contributed by atoms with Crippen LogP contribution in [-0.4, -0.2) is 21.0 Å². The number of fused-ring (bicyclic) bond motifs is 1. The lowest BCUT2D eigenvalue weighted by molar-refractivity contribution is 0.0951. The molecule has 25 heavy (non-hydrogen) atoms. The van der Waals surface area contributed by atoms with Gasteiger partial charge in [0.05, 0.1) is 17.0 Å². The standard InChI is InChI=1S/C18H17N3O3S/c1-10(22)12-4-2-11(3-5-12)9-19-16(23)13-6-7-14-15(8-13)20-18(25)21-17(14)24/h2-8,10,22H,9H2,1H3,(H,19,23)(H2,20,21,24,25)/t10-/m0/s1. The molecule has 0 unspecified atom stereocenters. The first-order valence-corrected chi connectivity index (χ1v) is 8.16. The number of rotatable bonds is 4. The number of nitrogens with one attached hydrogen (secondary N) is 3. The second kappa shape index (κ2) is 7.00. The van der Waals surface area contributed by atoms with Gasteiger partial charge in [-0.15, -0.1) is 0 Å². The lowest BCUT2D eigenvalue weighted by Gasteiger charge is -2.08. The third-order valence-corrected chi connectivity index (χ3v) is 4.12. The van der Waals surface area contributed by atoms with Crippen LogP contribution in [0.5, 0.6) is 0 Å². The molecule has 2 aromatic carbocycles. The summed E-state index contributed by atoms with van der Waals surface area (Å²) in [5, 5.41) is 12.8.